The minimum Gasteiger partial charge on any atom is -0.462 e. The average Bonchev–Trinajstić information content (AvgIpc) is 3.46. The van der Waals surface area contributed by atoms with Gasteiger partial charge in [0.15, 0.2) is 6.10 Å². The van der Waals surface area contributed by atoms with Crippen LogP contribution in [0.25, 0.3) is 0 Å². The fourth-order valence-corrected chi connectivity index (χ4v) is 8.64. The van der Waals surface area contributed by atoms with Crippen LogP contribution in [-0.4, -0.2) is 37.2 Å². The second kappa shape index (κ2) is 66.8. The highest BCUT2D eigenvalue weighted by Crippen LogP contribution is 2.14. The molecule has 0 aromatic rings. The van der Waals surface area contributed by atoms with Crippen molar-refractivity contribution in [2.75, 3.05) is 13.2 Å². The molecule has 6 heteroatoms. The molecule has 452 valence electrons. The van der Waals surface area contributed by atoms with E-state index in [0.29, 0.717) is 19.3 Å². The summed E-state index contributed by atoms with van der Waals surface area (Å²) in [6.07, 6.45) is 95.6. The van der Waals surface area contributed by atoms with Crippen LogP contribution in [0.4, 0.5) is 0 Å². The number of ether oxygens (including phenoxy) is 3. The van der Waals surface area contributed by atoms with Gasteiger partial charge in [-0.1, -0.05) is 263 Å². The van der Waals surface area contributed by atoms with Crippen molar-refractivity contribution in [1.29, 1.82) is 0 Å². The number of hydrogen-bond donors (Lipinski definition) is 0. The van der Waals surface area contributed by atoms with Gasteiger partial charge in [-0.3, -0.25) is 14.4 Å². The summed E-state index contributed by atoms with van der Waals surface area (Å²) in [7, 11) is 0. The zero-order chi connectivity index (χ0) is 57.8. The van der Waals surface area contributed by atoms with Gasteiger partial charge in [0.2, 0.25) is 0 Å². The highest BCUT2D eigenvalue weighted by atomic mass is 16.6. The molecule has 0 saturated heterocycles. The highest BCUT2D eigenvalue weighted by Gasteiger charge is 2.19. The van der Waals surface area contributed by atoms with Crippen LogP contribution in [0.2, 0.25) is 0 Å². The Morgan fingerprint density at radius 3 is 0.787 bits per heavy atom. The molecule has 0 rings (SSSR count). The Morgan fingerprint density at radius 1 is 0.263 bits per heavy atom. The monoisotopic (exact) mass is 1100 g/mol. The molecular weight excluding hydrogens is 985 g/mol. The van der Waals surface area contributed by atoms with Crippen molar-refractivity contribution in [1.82, 2.24) is 0 Å². The summed E-state index contributed by atoms with van der Waals surface area (Å²) in [5.41, 5.74) is 0. The molecule has 1 atom stereocenters. The van der Waals surface area contributed by atoms with Crippen LogP contribution in [0.1, 0.15) is 284 Å². The van der Waals surface area contributed by atoms with Gasteiger partial charge in [0.1, 0.15) is 13.2 Å². The van der Waals surface area contributed by atoms with E-state index in [1.54, 1.807) is 0 Å². The Labute approximate surface area is 493 Å². The molecule has 1 unspecified atom stereocenters. The van der Waals surface area contributed by atoms with Crippen LogP contribution >= 0.6 is 0 Å². The summed E-state index contributed by atoms with van der Waals surface area (Å²) in [4.78, 5) is 38.3. The van der Waals surface area contributed by atoms with Crippen molar-refractivity contribution in [2.45, 2.75) is 290 Å². The number of hydrogen-bond acceptors (Lipinski definition) is 6. The maximum atomic E-state index is 12.9. The van der Waals surface area contributed by atoms with Crippen LogP contribution in [0.15, 0.2) is 146 Å². The Hall–Kier alpha value is -4.71. The minimum absolute atomic E-state index is 0.100. The number of rotatable bonds is 58. The second-order valence-electron chi connectivity index (χ2n) is 21.3. The summed E-state index contributed by atoms with van der Waals surface area (Å²) in [5, 5.41) is 0. The maximum absolute atomic E-state index is 12.9. The largest absolute Gasteiger partial charge is 0.462 e. The van der Waals surface area contributed by atoms with Gasteiger partial charge in [-0.15, -0.1) is 0 Å². The number of unbranched alkanes of at least 4 members (excludes halogenated alkanes) is 23. The lowest BCUT2D eigenvalue weighted by Gasteiger charge is -2.18. The normalized spacial score (nSPS) is 13.1. The van der Waals surface area contributed by atoms with Crippen molar-refractivity contribution in [3.63, 3.8) is 0 Å². The molecule has 0 aliphatic heterocycles. The van der Waals surface area contributed by atoms with Crippen molar-refractivity contribution in [2.24, 2.45) is 0 Å². The van der Waals surface area contributed by atoms with Gasteiger partial charge in [0.25, 0.3) is 0 Å². The topological polar surface area (TPSA) is 78.9 Å². The van der Waals surface area contributed by atoms with Crippen LogP contribution in [0.5, 0.6) is 0 Å². The van der Waals surface area contributed by atoms with Gasteiger partial charge in [0.05, 0.1) is 0 Å². The van der Waals surface area contributed by atoms with Crippen molar-refractivity contribution in [3.8, 4) is 0 Å². The first-order chi connectivity index (χ1) is 39.5. The number of carbonyl (C=O) groups excluding carboxylic acids is 3. The summed E-state index contributed by atoms with van der Waals surface area (Å²) in [6.45, 7) is 6.46. The maximum Gasteiger partial charge on any atom is 0.306 e. The zero-order valence-electron chi connectivity index (χ0n) is 51.8. The van der Waals surface area contributed by atoms with Crippen LogP contribution in [0.3, 0.4) is 0 Å². The molecule has 0 radical (unpaired) electrons. The average molecular weight is 1110 g/mol. The standard InChI is InChI=1S/C74H120O6/c1-4-7-10-13-16-19-22-25-27-29-31-32-33-34-35-36-37-38-39-40-41-42-43-45-46-49-52-55-58-61-64-67-73(76)79-70-71(69-78-72(75)66-63-60-57-54-51-48-24-21-18-15-12-9-6-3)80-74(77)68-65-62-59-56-53-50-47-44-30-28-26-23-20-17-14-11-8-5-2/h7,10,16,19-21,23-25,27-28,30-32,34-35,37-38,40-41,43,45,49,52,71H,4-6,8-9,11-15,17-18,22,26,29,33,36,39,42,44,46-48,50-51,53-70H2,1-3H3/b10-7-,19-16-,23-20-,24-21-,27-25-,30-28-,32-31-,35-34-,38-37-,41-40-,45-43-,52-49-. The first-order valence-corrected chi connectivity index (χ1v) is 32.8. The molecule has 0 spiro atoms. The highest BCUT2D eigenvalue weighted by molar-refractivity contribution is 5.71. The summed E-state index contributed by atoms with van der Waals surface area (Å²) in [5.74, 6) is -0.950. The number of allylic oxidation sites excluding steroid dienone is 24. The molecule has 0 N–H and O–H groups in total. The molecule has 0 aromatic heterocycles. The molecule has 80 heavy (non-hydrogen) atoms. The van der Waals surface area contributed by atoms with Crippen LogP contribution < -0.4 is 0 Å². The fourth-order valence-electron chi connectivity index (χ4n) is 8.64. The van der Waals surface area contributed by atoms with E-state index in [1.807, 2.05) is 0 Å². The molecule has 0 aromatic carbocycles. The van der Waals surface area contributed by atoms with Crippen molar-refractivity contribution < 1.29 is 28.6 Å². The van der Waals surface area contributed by atoms with E-state index in [0.717, 1.165) is 148 Å². The third-order valence-corrected chi connectivity index (χ3v) is 13.5. The van der Waals surface area contributed by atoms with Crippen molar-refractivity contribution in [3.05, 3.63) is 146 Å². The van der Waals surface area contributed by atoms with E-state index in [1.165, 1.54) is 96.3 Å². The molecule has 0 amide bonds. The fraction of sp³-hybridized carbons (Fsp3) is 0.635. The first-order valence-electron chi connectivity index (χ1n) is 32.8. The smallest absolute Gasteiger partial charge is 0.306 e. The summed E-state index contributed by atoms with van der Waals surface area (Å²) in [6, 6.07) is 0. The van der Waals surface area contributed by atoms with E-state index < -0.39 is 6.10 Å². The van der Waals surface area contributed by atoms with Crippen LogP contribution in [-0.2, 0) is 28.6 Å². The first kappa shape index (κ1) is 75.3. The lowest BCUT2D eigenvalue weighted by Crippen LogP contribution is -2.30. The second-order valence-corrected chi connectivity index (χ2v) is 21.3. The molecular formula is C74H120O6. The number of carbonyl (C=O) groups is 3. The predicted molar refractivity (Wildman–Crippen MR) is 348 cm³/mol. The van der Waals surface area contributed by atoms with E-state index in [-0.39, 0.29) is 31.1 Å². The van der Waals surface area contributed by atoms with E-state index in [2.05, 4.69) is 167 Å². The van der Waals surface area contributed by atoms with Gasteiger partial charge in [-0.05, 0) is 148 Å². The lowest BCUT2D eigenvalue weighted by molar-refractivity contribution is -0.167. The Kier molecular flexibility index (Phi) is 62.9. The van der Waals surface area contributed by atoms with Crippen molar-refractivity contribution >= 4 is 17.9 Å². The quantitative estimate of drug-likeness (QED) is 0.0261. The van der Waals surface area contributed by atoms with E-state index in [4.69, 9.17) is 14.2 Å². The Balaban J connectivity index is 4.41. The van der Waals surface area contributed by atoms with Crippen LogP contribution in [0, 0.1) is 0 Å². The third kappa shape index (κ3) is 64.1. The molecule has 6 nitrogen and oxygen atoms in total. The lowest BCUT2D eigenvalue weighted by atomic mass is 10.1. The molecule has 0 fully saturated rings. The van der Waals surface area contributed by atoms with E-state index in [9.17, 15) is 14.4 Å². The Bertz CT molecular complexity index is 1750. The zero-order valence-corrected chi connectivity index (χ0v) is 51.8. The molecule has 0 bridgehead atoms. The summed E-state index contributed by atoms with van der Waals surface area (Å²) >= 11 is 0. The van der Waals surface area contributed by atoms with Gasteiger partial charge < -0.3 is 14.2 Å². The summed E-state index contributed by atoms with van der Waals surface area (Å²) < 4.78 is 16.9. The Morgan fingerprint density at radius 2 is 0.487 bits per heavy atom. The third-order valence-electron chi connectivity index (χ3n) is 13.5. The number of esters is 3. The predicted octanol–water partition coefficient (Wildman–Crippen LogP) is 22.7. The van der Waals surface area contributed by atoms with Gasteiger partial charge in [-0.2, -0.15) is 0 Å². The molecule has 0 aliphatic carbocycles. The minimum atomic E-state index is -0.806. The van der Waals surface area contributed by atoms with Gasteiger partial charge in [0, 0.05) is 19.3 Å². The molecule has 0 heterocycles. The molecule has 0 aliphatic rings. The molecule has 0 saturated carbocycles. The van der Waals surface area contributed by atoms with Gasteiger partial charge >= 0.3 is 17.9 Å². The van der Waals surface area contributed by atoms with Gasteiger partial charge in [-0.25, -0.2) is 0 Å². The SMILES string of the molecule is CC/C=C\C/C=C\C/C=C\C/C=C\C/C=C\C/C=C\C/C=C\C/C=C\C/C=C\CCCCCC(=O)OCC(COC(=O)CCCCCCC/C=C\CCCCCC)OC(=O)CCCCCCCCC/C=C\C/C=C\CCCCCC. The van der Waals surface area contributed by atoms with E-state index >= 15 is 0 Å².